The van der Waals surface area contributed by atoms with Gasteiger partial charge < -0.3 is 15.8 Å². The van der Waals surface area contributed by atoms with Gasteiger partial charge in [0, 0.05) is 11.1 Å². The molecule has 1 amide bonds. The van der Waals surface area contributed by atoms with Crippen LogP contribution < -0.4 is 5.73 Å². The summed E-state index contributed by atoms with van der Waals surface area (Å²) in [6.07, 6.45) is 9.58. The van der Waals surface area contributed by atoms with Gasteiger partial charge in [-0.2, -0.15) is 0 Å². The number of nitrogens with zero attached hydrogens (tertiary/aromatic N) is 1. The second-order valence-electron chi connectivity index (χ2n) is 6.92. The molecule has 5 nitrogen and oxygen atoms in total. The second kappa shape index (κ2) is 8.49. The van der Waals surface area contributed by atoms with E-state index in [1.165, 1.54) is 11.1 Å². The fraction of sp³-hybridized carbons (Fsp3) is 0.0400. The average Bonchev–Trinajstić information content (AvgIpc) is 3.04. The van der Waals surface area contributed by atoms with Crippen LogP contribution in [-0.2, 0) is 6.42 Å². The molecule has 0 spiro atoms. The van der Waals surface area contributed by atoms with Gasteiger partial charge in [0.05, 0.1) is 11.0 Å². The fourth-order valence-corrected chi connectivity index (χ4v) is 3.23. The summed E-state index contributed by atoms with van der Waals surface area (Å²) in [5, 5.41) is 9.26. The van der Waals surface area contributed by atoms with E-state index in [1.54, 1.807) is 42.5 Å². The summed E-state index contributed by atoms with van der Waals surface area (Å²) >= 11 is 0. The molecule has 4 N–H and O–H groups in total. The third kappa shape index (κ3) is 4.31. The molecule has 0 saturated heterocycles. The summed E-state index contributed by atoms with van der Waals surface area (Å²) in [4.78, 5) is 18.7. The van der Waals surface area contributed by atoms with Gasteiger partial charge in [-0.1, -0.05) is 48.6 Å². The van der Waals surface area contributed by atoms with E-state index in [0.717, 1.165) is 23.0 Å². The van der Waals surface area contributed by atoms with Crippen molar-refractivity contribution in [3.8, 4) is 17.1 Å². The Kier molecular flexibility index (Phi) is 5.44. The molecule has 3 aromatic carbocycles. The lowest BCUT2D eigenvalue weighted by molar-refractivity contribution is 0.100. The predicted octanol–water partition coefficient (Wildman–Crippen LogP) is 4.85. The van der Waals surface area contributed by atoms with E-state index in [1.807, 2.05) is 0 Å². The van der Waals surface area contributed by atoms with Crippen LogP contribution in [0.3, 0.4) is 0 Å². The molecular weight excluding hydrogens is 374 g/mol. The molecule has 0 radical (unpaired) electrons. The molecular formula is C25H21N3O2. The minimum absolute atomic E-state index is 0.205. The Labute approximate surface area is 174 Å². The van der Waals surface area contributed by atoms with Crippen molar-refractivity contribution in [2.45, 2.75) is 6.42 Å². The first-order valence-corrected chi connectivity index (χ1v) is 9.60. The van der Waals surface area contributed by atoms with E-state index in [2.05, 4.69) is 58.5 Å². The van der Waals surface area contributed by atoms with Crippen LogP contribution in [0, 0.1) is 0 Å². The number of aromatic nitrogens is 2. The van der Waals surface area contributed by atoms with Gasteiger partial charge in [0.15, 0.2) is 0 Å². The number of phenols is 1. The lowest BCUT2D eigenvalue weighted by atomic mass is 10.1. The van der Waals surface area contributed by atoms with Crippen molar-refractivity contribution in [3.63, 3.8) is 0 Å². The number of nitrogens with two attached hydrogens (primary N) is 1. The lowest BCUT2D eigenvalue weighted by Crippen LogP contribution is -2.10. The molecule has 0 saturated carbocycles. The predicted molar refractivity (Wildman–Crippen MR) is 120 cm³/mol. The monoisotopic (exact) mass is 395 g/mol. The maximum atomic E-state index is 11.1. The summed E-state index contributed by atoms with van der Waals surface area (Å²) in [5.41, 5.74) is 10.8. The van der Waals surface area contributed by atoms with Gasteiger partial charge in [-0.15, -0.1) is 0 Å². The number of primary amides is 1. The molecule has 4 aromatic rings. The number of phenolic OH excluding ortho intramolecular Hbond substituents is 1. The Hall–Kier alpha value is -4.12. The Morgan fingerprint density at radius 3 is 2.60 bits per heavy atom. The van der Waals surface area contributed by atoms with E-state index in [4.69, 9.17) is 5.73 Å². The number of hydrogen-bond donors (Lipinski definition) is 3. The van der Waals surface area contributed by atoms with E-state index >= 15 is 0 Å². The third-order valence-corrected chi connectivity index (χ3v) is 4.82. The highest BCUT2D eigenvalue weighted by molar-refractivity contribution is 5.96. The summed E-state index contributed by atoms with van der Waals surface area (Å²) < 4.78 is 0. The van der Waals surface area contributed by atoms with Crippen molar-refractivity contribution < 1.29 is 9.90 Å². The Morgan fingerprint density at radius 1 is 1.00 bits per heavy atom. The minimum Gasteiger partial charge on any atom is -0.508 e. The van der Waals surface area contributed by atoms with Crippen molar-refractivity contribution in [2.75, 3.05) is 0 Å². The number of aromatic amines is 1. The van der Waals surface area contributed by atoms with Gasteiger partial charge in [0.25, 0.3) is 0 Å². The first-order chi connectivity index (χ1) is 14.6. The molecule has 0 unspecified atom stereocenters. The summed E-state index contributed by atoms with van der Waals surface area (Å²) in [6.45, 7) is 0. The zero-order valence-electron chi connectivity index (χ0n) is 16.2. The number of carbonyl (C=O) groups excluding carboxylic acids is 1. The zero-order valence-corrected chi connectivity index (χ0v) is 16.2. The largest absolute Gasteiger partial charge is 0.508 e. The highest BCUT2D eigenvalue weighted by Gasteiger charge is 2.08. The smallest absolute Gasteiger partial charge is 0.248 e. The molecule has 148 valence electrons. The highest BCUT2D eigenvalue weighted by atomic mass is 16.3. The lowest BCUT2D eigenvalue weighted by Gasteiger charge is -1.99. The third-order valence-electron chi connectivity index (χ3n) is 4.82. The fourth-order valence-electron chi connectivity index (χ4n) is 3.23. The van der Waals surface area contributed by atoms with Gasteiger partial charge in [0.2, 0.25) is 5.91 Å². The van der Waals surface area contributed by atoms with Crippen molar-refractivity contribution in [1.82, 2.24) is 9.97 Å². The molecule has 1 heterocycles. The van der Waals surface area contributed by atoms with Crippen LogP contribution in [0.25, 0.3) is 28.5 Å². The maximum absolute atomic E-state index is 11.1. The molecule has 0 bridgehead atoms. The number of nitrogens with one attached hydrogen (secondary N) is 1. The van der Waals surface area contributed by atoms with Crippen molar-refractivity contribution in [1.29, 1.82) is 0 Å². The van der Waals surface area contributed by atoms with E-state index in [-0.39, 0.29) is 5.75 Å². The number of rotatable bonds is 2. The number of imidazole rings is 1. The standard InChI is InChI=1S/C14H11N3O2.C11H10/c15-13(19)9-3-6-11-12(7-9)17-14(16-11)8-1-4-10(18)5-2-8;1-2-6-10-8-4-5-9-11(10)7-3-1/h1-7,18H,(H2,15,19)(H,16,17);1-6,8-9H,7H2. The second-order valence-corrected chi connectivity index (χ2v) is 6.92. The van der Waals surface area contributed by atoms with Gasteiger partial charge >= 0.3 is 0 Å². The molecule has 1 aliphatic carbocycles. The van der Waals surface area contributed by atoms with Crippen LogP contribution in [0.2, 0.25) is 0 Å². The van der Waals surface area contributed by atoms with Crippen molar-refractivity contribution in [2.24, 2.45) is 5.73 Å². The number of aromatic hydroxyl groups is 1. The van der Waals surface area contributed by atoms with Crippen molar-refractivity contribution in [3.05, 3.63) is 102 Å². The molecule has 30 heavy (non-hydrogen) atoms. The number of carbonyl (C=O) groups is 1. The Bertz CT molecular complexity index is 1250. The zero-order chi connectivity index (χ0) is 20.9. The number of H-pyrrole nitrogens is 1. The Balaban J connectivity index is 0.000000168. The van der Waals surface area contributed by atoms with Crippen LogP contribution >= 0.6 is 0 Å². The maximum Gasteiger partial charge on any atom is 0.248 e. The number of fused-ring (bicyclic) bond motifs is 2. The molecule has 1 aliphatic rings. The van der Waals surface area contributed by atoms with Crippen LogP contribution in [0.15, 0.2) is 85.0 Å². The SMILES string of the molecule is C1=CCc2ccccc2C=C1.NC(=O)c1ccc2nc(-c3ccc(O)cc3)[nH]c2c1. The average molecular weight is 395 g/mol. The molecule has 5 heteroatoms. The van der Waals surface area contributed by atoms with Crippen LogP contribution in [0.1, 0.15) is 21.5 Å². The topological polar surface area (TPSA) is 92.0 Å². The minimum atomic E-state index is -0.470. The summed E-state index contributed by atoms with van der Waals surface area (Å²) in [5.74, 6) is 0.412. The van der Waals surface area contributed by atoms with Gasteiger partial charge in [0.1, 0.15) is 11.6 Å². The number of allylic oxidation sites excluding steroid dienone is 3. The van der Waals surface area contributed by atoms with E-state index in [9.17, 15) is 9.90 Å². The normalized spacial score (nSPS) is 12.0. The quantitative estimate of drug-likeness (QED) is 0.453. The molecule has 1 aromatic heterocycles. The molecule has 5 rings (SSSR count). The summed E-state index contributed by atoms with van der Waals surface area (Å²) in [6, 6.07) is 20.3. The van der Waals surface area contributed by atoms with Crippen LogP contribution in [0.5, 0.6) is 5.75 Å². The first kappa shape index (κ1) is 19.2. The van der Waals surface area contributed by atoms with Crippen LogP contribution in [-0.4, -0.2) is 21.0 Å². The molecule has 0 aliphatic heterocycles. The molecule has 0 atom stereocenters. The highest BCUT2D eigenvalue weighted by Crippen LogP contribution is 2.23. The van der Waals surface area contributed by atoms with Crippen LogP contribution in [0.4, 0.5) is 0 Å². The van der Waals surface area contributed by atoms with Gasteiger partial charge in [-0.05, 0) is 60.0 Å². The Morgan fingerprint density at radius 2 is 1.80 bits per heavy atom. The van der Waals surface area contributed by atoms with Crippen molar-refractivity contribution >= 4 is 23.0 Å². The van der Waals surface area contributed by atoms with E-state index in [0.29, 0.717) is 11.4 Å². The summed E-state index contributed by atoms with van der Waals surface area (Å²) in [7, 11) is 0. The van der Waals surface area contributed by atoms with Gasteiger partial charge in [-0.3, -0.25) is 4.79 Å². The number of hydrogen-bond acceptors (Lipinski definition) is 3. The number of benzene rings is 3. The van der Waals surface area contributed by atoms with Gasteiger partial charge in [-0.25, -0.2) is 4.98 Å². The van der Waals surface area contributed by atoms with E-state index < -0.39 is 5.91 Å². The molecule has 0 fully saturated rings. The number of amides is 1. The first-order valence-electron chi connectivity index (χ1n) is 9.60.